The second kappa shape index (κ2) is 33.5. The Morgan fingerprint density at radius 2 is 0.717 bits per heavy atom. The van der Waals surface area contributed by atoms with Gasteiger partial charge in [0.15, 0.2) is 17.9 Å². The number of guanidine groups is 3. The molecule has 0 unspecified atom stereocenters. The molecule has 0 aromatic heterocycles. The van der Waals surface area contributed by atoms with Gasteiger partial charge in [0.1, 0.15) is 30.5 Å². The fourth-order valence-corrected chi connectivity index (χ4v) is 5.78. The Balaban J connectivity index is 6.42. The first kappa shape index (κ1) is 54.7. The van der Waals surface area contributed by atoms with E-state index in [0.29, 0.717) is 77.3 Å². The van der Waals surface area contributed by atoms with Crippen LogP contribution in [0.1, 0.15) is 96.3 Å². The molecule has 60 heavy (non-hydrogen) atoms. The third-order valence-corrected chi connectivity index (χ3v) is 9.08. The van der Waals surface area contributed by atoms with Gasteiger partial charge in [0.05, 0.1) is 12.1 Å². The Morgan fingerprint density at radius 1 is 0.417 bits per heavy atom. The fourth-order valence-electron chi connectivity index (χ4n) is 5.78. The van der Waals surface area contributed by atoms with E-state index < -0.39 is 65.8 Å². The molecule has 0 heterocycles. The lowest BCUT2D eigenvalue weighted by molar-refractivity contribution is -0.135. The summed E-state index contributed by atoms with van der Waals surface area (Å²) in [7, 11) is 0. The maximum atomic E-state index is 14.0. The number of aldehydes is 1. The fraction of sp³-hybridized carbons (Fsp3) is 0.750. The van der Waals surface area contributed by atoms with E-state index in [4.69, 9.17) is 57.3 Å². The molecule has 0 saturated carbocycles. The monoisotopic (exact) mass is 855 g/mol. The van der Waals surface area contributed by atoms with E-state index in [-0.39, 0.29) is 82.5 Å². The topological polar surface area (TPSA) is 460 Å². The van der Waals surface area contributed by atoms with Gasteiger partial charge in [-0.15, -0.1) is 0 Å². The third-order valence-electron chi connectivity index (χ3n) is 9.08. The van der Waals surface area contributed by atoms with Crippen molar-refractivity contribution in [2.45, 2.75) is 133 Å². The molecule has 0 aliphatic rings. The van der Waals surface area contributed by atoms with Crippen molar-refractivity contribution in [1.29, 1.82) is 0 Å². The molecule has 0 radical (unpaired) electrons. The van der Waals surface area contributed by atoms with Crippen molar-refractivity contribution in [3.8, 4) is 0 Å². The Bertz CT molecular complexity index is 1370. The van der Waals surface area contributed by atoms with E-state index in [1.54, 1.807) is 0 Å². The largest absolute Gasteiger partial charge is 0.370 e. The first-order valence-electron chi connectivity index (χ1n) is 20.6. The second-order valence-corrected chi connectivity index (χ2v) is 14.3. The molecule has 0 aromatic rings. The maximum Gasteiger partial charge on any atom is 0.243 e. The van der Waals surface area contributed by atoms with Crippen molar-refractivity contribution >= 4 is 53.7 Å². The average molecular weight is 855 g/mol. The van der Waals surface area contributed by atoms with Crippen molar-refractivity contribution in [2.24, 2.45) is 72.3 Å². The first-order valence-corrected chi connectivity index (χ1v) is 20.6. The van der Waals surface area contributed by atoms with E-state index >= 15 is 0 Å². The Kier molecular flexibility index (Phi) is 30.5. The minimum atomic E-state index is -1.22. The van der Waals surface area contributed by atoms with E-state index in [1.807, 2.05) is 0 Å². The number of carbonyl (C=O) groups is 6. The average Bonchev–Trinajstić information content (AvgIpc) is 3.19. The molecular formula is C36H74N18O6. The Morgan fingerprint density at radius 3 is 1.05 bits per heavy atom. The van der Waals surface area contributed by atoms with Crippen molar-refractivity contribution in [3.63, 3.8) is 0 Å². The molecule has 0 aliphatic heterocycles. The zero-order valence-corrected chi connectivity index (χ0v) is 35.0. The molecule has 5 amide bonds. The van der Waals surface area contributed by atoms with Crippen LogP contribution in [0.4, 0.5) is 0 Å². The molecule has 24 heteroatoms. The van der Waals surface area contributed by atoms with Crippen LogP contribution in [0.15, 0.2) is 15.0 Å². The van der Waals surface area contributed by atoms with E-state index in [0.717, 1.165) is 0 Å². The molecule has 0 aliphatic carbocycles. The van der Waals surface area contributed by atoms with Crippen LogP contribution in [0.2, 0.25) is 0 Å². The molecule has 0 fully saturated rings. The normalized spacial score (nSPS) is 13.8. The van der Waals surface area contributed by atoms with Crippen LogP contribution in [-0.2, 0) is 28.8 Å². The highest BCUT2D eigenvalue weighted by Crippen LogP contribution is 2.10. The van der Waals surface area contributed by atoms with Gasteiger partial charge in [-0.3, -0.25) is 38.9 Å². The van der Waals surface area contributed by atoms with Gasteiger partial charge in [0.25, 0.3) is 0 Å². The van der Waals surface area contributed by atoms with Gasteiger partial charge in [0, 0.05) is 19.6 Å². The summed E-state index contributed by atoms with van der Waals surface area (Å²) >= 11 is 0. The molecule has 344 valence electrons. The lowest BCUT2D eigenvalue weighted by atomic mass is 10.0. The predicted octanol–water partition coefficient (Wildman–Crippen LogP) is -5.52. The van der Waals surface area contributed by atoms with Crippen LogP contribution >= 0.6 is 0 Å². The number of unbranched alkanes of at least 4 members (excludes halogenated alkanes) is 3. The predicted molar refractivity (Wildman–Crippen MR) is 232 cm³/mol. The van der Waals surface area contributed by atoms with Crippen LogP contribution in [-0.4, -0.2) is 129 Å². The van der Waals surface area contributed by atoms with Gasteiger partial charge in [-0.25, -0.2) is 0 Å². The first-order chi connectivity index (χ1) is 28.6. The van der Waals surface area contributed by atoms with Crippen molar-refractivity contribution in [3.05, 3.63) is 0 Å². The number of carbonyl (C=O) groups excluding carboxylic acids is 6. The van der Waals surface area contributed by atoms with Crippen LogP contribution < -0.4 is 83.9 Å². The summed E-state index contributed by atoms with van der Waals surface area (Å²) in [6.07, 6.45) is 5.79. The summed E-state index contributed by atoms with van der Waals surface area (Å²) < 4.78 is 0. The van der Waals surface area contributed by atoms with E-state index in [1.165, 1.54) is 0 Å². The number of amides is 5. The second-order valence-electron chi connectivity index (χ2n) is 14.3. The molecule has 0 bridgehead atoms. The number of nitrogens with two attached hydrogens (primary N) is 10. The van der Waals surface area contributed by atoms with E-state index in [2.05, 4.69) is 41.6 Å². The number of rotatable bonds is 35. The summed E-state index contributed by atoms with van der Waals surface area (Å²) in [6, 6.07) is -6.43. The SMILES string of the molecule is NCCCC[C@@H](C=O)NC(=O)[C@H](CCCN=C(N)N)NC(=O)[C@H](CCCCN)NC(=O)[C@H](CCCN=C(N)N)NC(=O)[C@H](CCCCN)NC(=O)[C@@H](N)CCCN=C(N)N. The number of hydrogen-bond acceptors (Lipinski definition) is 13. The van der Waals surface area contributed by atoms with Crippen molar-refractivity contribution in [1.82, 2.24) is 26.6 Å². The number of hydrogen-bond donors (Lipinski definition) is 15. The molecule has 0 aromatic carbocycles. The standard InChI is InChI=1S/C36H74N18O6/c37-16-4-1-10-23(22-55)50-30(57)27(14-8-20-48-35(43)44)53-32(59)26(13-3-6-18-39)52-33(60)28(15-9-21-49-36(45)46)54-31(58)25(12-2-5-17-38)51-29(56)24(40)11-7-19-47-34(41)42/h22-28H,1-21,37-40H2,(H,50,57)(H,51,56)(H,52,60)(H,53,59)(H,54,58)(H4,41,42,47)(H4,43,44,48)(H4,45,46,49)/t23-,24-,25-,26-,27-,28-/m0/s1. The highest BCUT2D eigenvalue weighted by Gasteiger charge is 2.32. The van der Waals surface area contributed by atoms with E-state index in [9.17, 15) is 28.8 Å². The molecule has 0 saturated heterocycles. The summed E-state index contributed by atoms with van der Waals surface area (Å²) in [5, 5.41) is 13.5. The summed E-state index contributed by atoms with van der Waals surface area (Å²) in [5.41, 5.74) is 55.6. The molecule has 0 rings (SSSR count). The summed E-state index contributed by atoms with van der Waals surface area (Å²) in [4.78, 5) is 91.9. The van der Waals surface area contributed by atoms with Gasteiger partial charge in [-0.1, -0.05) is 0 Å². The van der Waals surface area contributed by atoms with Crippen molar-refractivity contribution < 1.29 is 28.8 Å². The maximum absolute atomic E-state index is 14.0. The lowest BCUT2D eigenvalue weighted by Crippen LogP contribution is -2.59. The number of aliphatic imine (C=N–C) groups is 3. The summed E-state index contributed by atoms with van der Waals surface area (Å²) in [5.74, 6) is -3.71. The zero-order chi connectivity index (χ0) is 45.3. The minimum Gasteiger partial charge on any atom is -0.370 e. The highest BCUT2D eigenvalue weighted by atomic mass is 16.2. The van der Waals surface area contributed by atoms with Crippen molar-refractivity contribution in [2.75, 3.05) is 39.3 Å². The summed E-state index contributed by atoms with van der Waals surface area (Å²) in [6.45, 7) is 1.63. The molecule has 25 N–H and O–H groups in total. The van der Waals surface area contributed by atoms with Gasteiger partial charge >= 0.3 is 0 Å². The number of nitrogens with one attached hydrogen (secondary N) is 5. The molecule has 6 atom stereocenters. The highest BCUT2D eigenvalue weighted by molar-refractivity contribution is 5.96. The van der Waals surface area contributed by atoms with Gasteiger partial charge in [-0.2, -0.15) is 0 Å². The lowest BCUT2D eigenvalue weighted by Gasteiger charge is -2.27. The Labute approximate surface area is 352 Å². The smallest absolute Gasteiger partial charge is 0.243 e. The van der Waals surface area contributed by atoms with Crippen LogP contribution in [0.3, 0.4) is 0 Å². The quantitative estimate of drug-likeness (QED) is 0.0122. The zero-order valence-electron chi connectivity index (χ0n) is 35.0. The van der Waals surface area contributed by atoms with Gasteiger partial charge < -0.3 is 88.7 Å². The van der Waals surface area contributed by atoms with Gasteiger partial charge in [-0.05, 0) is 116 Å². The Hall–Kier alpha value is -5.33. The molecular weight excluding hydrogens is 781 g/mol. The minimum absolute atomic E-state index is 0.0341. The van der Waals surface area contributed by atoms with Gasteiger partial charge in [0.2, 0.25) is 29.5 Å². The molecule has 24 nitrogen and oxygen atoms in total. The number of nitrogens with zero attached hydrogens (tertiary/aromatic N) is 3. The van der Waals surface area contributed by atoms with Crippen LogP contribution in [0.5, 0.6) is 0 Å². The third kappa shape index (κ3) is 26.6. The molecule has 0 spiro atoms. The van der Waals surface area contributed by atoms with Crippen LogP contribution in [0, 0.1) is 0 Å². The van der Waals surface area contributed by atoms with Crippen LogP contribution in [0.25, 0.3) is 0 Å².